The number of fused-ring (bicyclic) bond motifs is 3. The molecule has 29 heavy (non-hydrogen) atoms. The molecule has 2 aliphatic heterocycles. The molecule has 2 aromatic rings. The van der Waals surface area contributed by atoms with Crippen molar-refractivity contribution in [3.8, 4) is 5.75 Å². The summed E-state index contributed by atoms with van der Waals surface area (Å²) in [6, 6.07) is 7.44. The van der Waals surface area contributed by atoms with Crippen LogP contribution in [0.3, 0.4) is 0 Å². The van der Waals surface area contributed by atoms with E-state index in [0.717, 1.165) is 24.6 Å². The Balaban J connectivity index is 1.52. The molecule has 0 spiro atoms. The first-order valence-electron chi connectivity index (χ1n) is 10.4. The van der Waals surface area contributed by atoms with Crippen molar-refractivity contribution in [1.82, 2.24) is 0 Å². The van der Waals surface area contributed by atoms with E-state index < -0.39 is 11.2 Å². The molecule has 1 aromatic carbocycles. The Morgan fingerprint density at radius 2 is 2.10 bits per heavy atom. The lowest BCUT2D eigenvalue weighted by Crippen LogP contribution is -2.46. The van der Waals surface area contributed by atoms with E-state index in [2.05, 4.69) is 19.9 Å². The maximum atomic E-state index is 12.5. The zero-order valence-electron chi connectivity index (χ0n) is 17.7. The van der Waals surface area contributed by atoms with Gasteiger partial charge in [-0.2, -0.15) is 0 Å². The van der Waals surface area contributed by atoms with Crippen LogP contribution in [0.5, 0.6) is 5.75 Å². The highest BCUT2D eigenvalue weighted by Gasteiger charge is 2.51. The van der Waals surface area contributed by atoms with Crippen LogP contribution >= 0.6 is 0 Å². The van der Waals surface area contributed by atoms with Gasteiger partial charge in [0.05, 0.1) is 22.7 Å². The normalized spacial score (nSPS) is 28.0. The van der Waals surface area contributed by atoms with E-state index in [4.69, 9.17) is 13.9 Å². The van der Waals surface area contributed by atoms with Crippen molar-refractivity contribution in [3.63, 3.8) is 0 Å². The van der Waals surface area contributed by atoms with Gasteiger partial charge >= 0.3 is 5.63 Å². The number of para-hydroxylation sites is 1. The van der Waals surface area contributed by atoms with E-state index >= 15 is 0 Å². The van der Waals surface area contributed by atoms with E-state index in [9.17, 15) is 9.90 Å². The van der Waals surface area contributed by atoms with Crippen molar-refractivity contribution in [2.75, 3.05) is 0 Å². The average Bonchev–Trinajstić information content (AvgIpc) is 3.28. The molecule has 1 fully saturated rings. The molecule has 0 amide bonds. The summed E-state index contributed by atoms with van der Waals surface area (Å²) in [5.74, 6) is 0.616. The fraction of sp³-hybridized carbons (Fsp3) is 0.542. The summed E-state index contributed by atoms with van der Waals surface area (Å²) in [4.78, 5) is 12.5. The molecule has 1 saturated heterocycles. The second kappa shape index (κ2) is 7.29. The third kappa shape index (κ3) is 3.74. The fourth-order valence-corrected chi connectivity index (χ4v) is 4.53. The lowest BCUT2D eigenvalue weighted by Gasteiger charge is -2.35. The predicted molar refractivity (Wildman–Crippen MR) is 112 cm³/mol. The Morgan fingerprint density at radius 3 is 2.86 bits per heavy atom. The maximum absolute atomic E-state index is 12.5. The van der Waals surface area contributed by atoms with Crippen molar-refractivity contribution in [3.05, 3.63) is 51.9 Å². The molecule has 4 atom stereocenters. The number of allylic oxidation sites excluding steroid dienone is 2. The van der Waals surface area contributed by atoms with Crippen LogP contribution in [0.25, 0.3) is 11.0 Å². The fourth-order valence-electron chi connectivity index (χ4n) is 4.53. The van der Waals surface area contributed by atoms with Crippen molar-refractivity contribution in [2.24, 2.45) is 0 Å². The first-order valence-corrected chi connectivity index (χ1v) is 10.4. The molecule has 5 heteroatoms. The van der Waals surface area contributed by atoms with Gasteiger partial charge in [-0.05, 0) is 65.5 Å². The minimum Gasteiger partial charge on any atom is -0.486 e. The van der Waals surface area contributed by atoms with E-state index in [1.807, 2.05) is 32.0 Å². The van der Waals surface area contributed by atoms with E-state index in [0.29, 0.717) is 29.7 Å². The third-order valence-corrected chi connectivity index (χ3v) is 6.40. The van der Waals surface area contributed by atoms with E-state index in [1.165, 1.54) is 5.57 Å². The van der Waals surface area contributed by atoms with Crippen LogP contribution in [-0.4, -0.2) is 28.5 Å². The van der Waals surface area contributed by atoms with Crippen molar-refractivity contribution in [1.29, 1.82) is 0 Å². The number of aliphatic hydroxyl groups is 1. The summed E-state index contributed by atoms with van der Waals surface area (Å²) < 4.78 is 18.2. The van der Waals surface area contributed by atoms with Crippen LogP contribution in [0, 0.1) is 0 Å². The Bertz CT molecular complexity index is 998. The third-order valence-electron chi connectivity index (χ3n) is 6.40. The minimum absolute atomic E-state index is 0.251. The smallest absolute Gasteiger partial charge is 0.343 e. The molecule has 0 bridgehead atoms. The van der Waals surface area contributed by atoms with Crippen LogP contribution in [-0.2, 0) is 11.2 Å². The highest BCUT2D eigenvalue weighted by atomic mass is 16.6. The van der Waals surface area contributed by atoms with Gasteiger partial charge in [0.2, 0.25) is 0 Å². The molecular formula is C24H30O5. The Kier molecular flexibility index (Phi) is 5.07. The molecule has 3 heterocycles. The molecule has 5 nitrogen and oxygen atoms in total. The highest BCUT2D eigenvalue weighted by Crippen LogP contribution is 2.45. The minimum atomic E-state index is -0.902. The molecular weight excluding hydrogens is 368 g/mol. The summed E-state index contributed by atoms with van der Waals surface area (Å²) in [7, 11) is 0. The zero-order valence-corrected chi connectivity index (χ0v) is 17.7. The molecule has 4 rings (SSSR count). The molecule has 156 valence electrons. The topological polar surface area (TPSA) is 68.9 Å². The monoisotopic (exact) mass is 398 g/mol. The number of hydrogen-bond acceptors (Lipinski definition) is 5. The standard InChI is InChI=1S/C24H30O5/c1-15(2)8-7-12-23(3,26)19-11-13-24(4,29-19)20-14-17-21(28-20)16-9-5-6-10-18(16)27-22(17)25/h5-6,8-10,19-20,26H,7,11-14H2,1-4H3/t19-,20?,23?,24+/m1/s1. The largest absolute Gasteiger partial charge is 0.486 e. The van der Waals surface area contributed by atoms with Gasteiger partial charge in [-0.1, -0.05) is 23.8 Å². The predicted octanol–water partition coefficient (Wildman–Crippen LogP) is 4.53. The van der Waals surface area contributed by atoms with Crippen molar-refractivity contribution >= 4 is 11.0 Å². The SMILES string of the molecule is CC(C)=CCCC(C)(O)[C@H]1CC[C@@](C)(C2Cc3c(c4ccccc4oc3=O)O2)O1. The van der Waals surface area contributed by atoms with Gasteiger partial charge in [0.1, 0.15) is 23.0 Å². The summed E-state index contributed by atoms with van der Waals surface area (Å²) in [6.07, 6.45) is 5.10. The van der Waals surface area contributed by atoms with Crippen molar-refractivity contribution < 1.29 is 19.0 Å². The number of hydrogen-bond donors (Lipinski definition) is 1. The Labute approximate surface area is 171 Å². The van der Waals surface area contributed by atoms with E-state index in [-0.39, 0.29) is 17.8 Å². The van der Waals surface area contributed by atoms with Gasteiger partial charge in [-0.15, -0.1) is 0 Å². The Hall–Kier alpha value is -2.11. The van der Waals surface area contributed by atoms with E-state index in [1.54, 1.807) is 6.07 Å². The molecule has 0 radical (unpaired) electrons. The first-order chi connectivity index (χ1) is 13.7. The summed E-state index contributed by atoms with van der Waals surface area (Å²) in [6.45, 7) is 8.01. The highest BCUT2D eigenvalue weighted by molar-refractivity contribution is 5.84. The van der Waals surface area contributed by atoms with Gasteiger partial charge in [-0.3, -0.25) is 0 Å². The molecule has 2 unspecified atom stereocenters. The zero-order chi connectivity index (χ0) is 20.8. The molecule has 0 aliphatic carbocycles. The lowest BCUT2D eigenvalue weighted by atomic mass is 9.89. The quantitative estimate of drug-likeness (QED) is 0.592. The maximum Gasteiger partial charge on any atom is 0.343 e. The van der Waals surface area contributed by atoms with Gasteiger partial charge < -0.3 is 19.0 Å². The average molecular weight is 398 g/mol. The van der Waals surface area contributed by atoms with Crippen molar-refractivity contribution in [2.45, 2.75) is 83.2 Å². The van der Waals surface area contributed by atoms with Gasteiger partial charge in [0, 0.05) is 6.42 Å². The van der Waals surface area contributed by atoms with Crippen LogP contribution in [0.15, 0.2) is 45.1 Å². The molecule has 2 aliphatic rings. The van der Waals surface area contributed by atoms with Crippen LogP contribution in [0.2, 0.25) is 0 Å². The molecule has 1 aromatic heterocycles. The molecule has 0 saturated carbocycles. The summed E-state index contributed by atoms with van der Waals surface area (Å²) >= 11 is 0. The number of benzene rings is 1. The van der Waals surface area contributed by atoms with Crippen LogP contribution < -0.4 is 10.4 Å². The summed E-state index contributed by atoms with van der Waals surface area (Å²) in [5.41, 5.74) is 0.569. The van der Waals surface area contributed by atoms with Gasteiger partial charge in [0.25, 0.3) is 0 Å². The second-order valence-electron chi connectivity index (χ2n) is 9.14. The van der Waals surface area contributed by atoms with Gasteiger partial charge in [-0.25, -0.2) is 4.79 Å². The lowest BCUT2D eigenvalue weighted by molar-refractivity contribution is -0.151. The molecule has 1 N–H and O–H groups in total. The second-order valence-corrected chi connectivity index (χ2v) is 9.14. The number of ether oxygens (including phenoxy) is 2. The first kappa shape index (κ1) is 20.2. The van der Waals surface area contributed by atoms with Crippen LogP contribution in [0.4, 0.5) is 0 Å². The number of rotatable bonds is 5. The van der Waals surface area contributed by atoms with Crippen LogP contribution in [0.1, 0.15) is 58.9 Å². The summed E-state index contributed by atoms with van der Waals surface area (Å²) in [5, 5.41) is 11.8. The van der Waals surface area contributed by atoms with Gasteiger partial charge in [0.15, 0.2) is 0 Å². The Morgan fingerprint density at radius 1 is 1.34 bits per heavy atom.